The second-order valence-corrected chi connectivity index (χ2v) is 3.07. The van der Waals surface area contributed by atoms with Gasteiger partial charge in [0, 0.05) is 18.9 Å². The molecule has 60 valence electrons. The monoisotopic (exact) mass is 215 g/mol. The zero-order valence-corrected chi connectivity index (χ0v) is 7.93. The van der Waals surface area contributed by atoms with E-state index in [1.54, 1.807) is 12.4 Å². The Kier molecular flexibility index (Phi) is 3.29. The molecule has 0 spiro atoms. The molecule has 0 unspecified atom stereocenters. The van der Waals surface area contributed by atoms with Gasteiger partial charge in [0.15, 0.2) is 0 Å². The van der Waals surface area contributed by atoms with Gasteiger partial charge in [-0.1, -0.05) is 6.92 Å². The molecule has 1 N–H and O–H groups in total. The molecule has 0 aromatic carbocycles. The number of rotatable bonds is 3. The predicted molar refractivity (Wildman–Crippen MR) is 48.5 cm³/mol. The summed E-state index contributed by atoms with van der Waals surface area (Å²) in [5.74, 6) is 0.690. The molecular weight excluding hydrogens is 206 g/mol. The maximum Gasteiger partial charge on any atom is 0.222 e. The average molecular weight is 216 g/mol. The molecule has 1 aromatic heterocycles. The number of hydrogen-bond donors (Lipinski definition) is 1. The molecule has 0 saturated heterocycles. The Labute approximate surface area is 74.4 Å². The number of nitrogens with one attached hydrogen (secondary N) is 1. The van der Waals surface area contributed by atoms with Crippen molar-refractivity contribution in [1.29, 1.82) is 0 Å². The second kappa shape index (κ2) is 4.28. The van der Waals surface area contributed by atoms with Crippen molar-refractivity contribution in [1.82, 2.24) is 9.97 Å². The summed E-state index contributed by atoms with van der Waals surface area (Å²) in [4.78, 5) is 8.09. The van der Waals surface area contributed by atoms with Gasteiger partial charge < -0.3 is 5.32 Å². The van der Waals surface area contributed by atoms with Crippen molar-refractivity contribution in [2.75, 3.05) is 11.9 Å². The summed E-state index contributed by atoms with van der Waals surface area (Å²) in [6.45, 7) is 3.02. The number of aromatic nitrogens is 2. The van der Waals surface area contributed by atoms with Gasteiger partial charge in [0.2, 0.25) is 5.95 Å². The van der Waals surface area contributed by atoms with Gasteiger partial charge in [-0.3, -0.25) is 0 Å². The van der Waals surface area contributed by atoms with Crippen LogP contribution in [0.2, 0.25) is 0 Å². The van der Waals surface area contributed by atoms with Crippen LogP contribution in [0.25, 0.3) is 0 Å². The summed E-state index contributed by atoms with van der Waals surface area (Å²) in [5, 5.41) is 3.08. The van der Waals surface area contributed by atoms with E-state index in [2.05, 4.69) is 38.1 Å². The molecule has 0 atom stereocenters. The highest BCUT2D eigenvalue weighted by molar-refractivity contribution is 9.10. The molecule has 0 saturated carbocycles. The molecule has 0 radical (unpaired) electrons. The fourth-order valence-electron chi connectivity index (χ4n) is 0.640. The lowest BCUT2D eigenvalue weighted by molar-refractivity contribution is 0.951. The van der Waals surface area contributed by atoms with E-state index in [4.69, 9.17) is 0 Å². The highest BCUT2D eigenvalue weighted by Crippen LogP contribution is 2.06. The van der Waals surface area contributed by atoms with Crippen LogP contribution < -0.4 is 5.32 Å². The van der Waals surface area contributed by atoms with E-state index in [9.17, 15) is 0 Å². The third-order valence-corrected chi connectivity index (χ3v) is 1.56. The van der Waals surface area contributed by atoms with Crippen LogP contribution in [0.5, 0.6) is 0 Å². The number of anilines is 1. The first-order valence-electron chi connectivity index (χ1n) is 3.54. The quantitative estimate of drug-likeness (QED) is 0.840. The average Bonchev–Trinajstić information content (AvgIpc) is 2.04. The smallest absolute Gasteiger partial charge is 0.222 e. The zero-order chi connectivity index (χ0) is 8.10. The topological polar surface area (TPSA) is 37.8 Å². The largest absolute Gasteiger partial charge is 0.354 e. The van der Waals surface area contributed by atoms with Crippen molar-refractivity contribution >= 4 is 21.9 Å². The van der Waals surface area contributed by atoms with Crippen LogP contribution in [0.1, 0.15) is 13.3 Å². The molecule has 0 aliphatic rings. The first-order chi connectivity index (χ1) is 5.33. The fraction of sp³-hybridized carbons (Fsp3) is 0.429. The van der Waals surface area contributed by atoms with Gasteiger partial charge in [0.05, 0.1) is 4.47 Å². The lowest BCUT2D eigenvalue weighted by atomic mass is 10.5. The standard InChI is InChI=1S/C7H10BrN3/c1-2-3-9-7-10-4-6(8)5-11-7/h4-5H,2-3H2,1H3,(H,9,10,11). The summed E-state index contributed by atoms with van der Waals surface area (Å²) in [7, 11) is 0. The van der Waals surface area contributed by atoms with Gasteiger partial charge in [-0.2, -0.15) is 0 Å². The van der Waals surface area contributed by atoms with Crippen LogP contribution in [0.4, 0.5) is 5.95 Å². The lowest BCUT2D eigenvalue weighted by Gasteiger charge is -2.00. The van der Waals surface area contributed by atoms with Gasteiger partial charge in [-0.15, -0.1) is 0 Å². The van der Waals surface area contributed by atoms with Gasteiger partial charge in [-0.05, 0) is 22.4 Å². The number of halogens is 1. The van der Waals surface area contributed by atoms with Gasteiger partial charge in [-0.25, -0.2) is 9.97 Å². The molecule has 0 fully saturated rings. The molecule has 0 aliphatic carbocycles. The summed E-state index contributed by atoms with van der Waals surface area (Å²) in [5.41, 5.74) is 0. The van der Waals surface area contributed by atoms with E-state index in [0.717, 1.165) is 17.4 Å². The summed E-state index contributed by atoms with van der Waals surface area (Å²) in [6.07, 6.45) is 4.54. The van der Waals surface area contributed by atoms with E-state index in [0.29, 0.717) is 5.95 Å². The van der Waals surface area contributed by atoms with Crippen molar-refractivity contribution in [3.63, 3.8) is 0 Å². The molecule has 1 rings (SSSR count). The number of hydrogen-bond acceptors (Lipinski definition) is 3. The van der Waals surface area contributed by atoms with E-state index in [1.807, 2.05) is 0 Å². The minimum atomic E-state index is 0.690. The second-order valence-electron chi connectivity index (χ2n) is 2.15. The molecule has 4 heteroatoms. The molecule has 0 amide bonds. The Bertz CT molecular complexity index is 209. The van der Waals surface area contributed by atoms with Crippen LogP contribution in [0.15, 0.2) is 16.9 Å². The van der Waals surface area contributed by atoms with E-state index >= 15 is 0 Å². The van der Waals surface area contributed by atoms with Crippen LogP contribution in [0.3, 0.4) is 0 Å². The molecule has 11 heavy (non-hydrogen) atoms. The molecule has 3 nitrogen and oxygen atoms in total. The molecule has 0 aliphatic heterocycles. The maximum atomic E-state index is 4.05. The Morgan fingerprint density at radius 1 is 1.45 bits per heavy atom. The Morgan fingerprint density at radius 3 is 2.64 bits per heavy atom. The summed E-state index contributed by atoms with van der Waals surface area (Å²) >= 11 is 3.26. The van der Waals surface area contributed by atoms with Crippen molar-refractivity contribution < 1.29 is 0 Å². The first-order valence-corrected chi connectivity index (χ1v) is 4.33. The van der Waals surface area contributed by atoms with E-state index < -0.39 is 0 Å². The highest BCUT2D eigenvalue weighted by atomic mass is 79.9. The minimum absolute atomic E-state index is 0.690. The minimum Gasteiger partial charge on any atom is -0.354 e. The van der Waals surface area contributed by atoms with Crippen LogP contribution in [-0.4, -0.2) is 16.5 Å². The zero-order valence-electron chi connectivity index (χ0n) is 6.34. The van der Waals surface area contributed by atoms with Gasteiger partial charge in [0.25, 0.3) is 0 Å². The SMILES string of the molecule is CCCNc1ncc(Br)cn1. The molecule has 1 heterocycles. The lowest BCUT2D eigenvalue weighted by Crippen LogP contribution is -2.03. The summed E-state index contributed by atoms with van der Waals surface area (Å²) < 4.78 is 0.902. The molecule has 1 aromatic rings. The van der Waals surface area contributed by atoms with Gasteiger partial charge in [0.1, 0.15) is 0 Å². The van der Waals surface area contributed by atoms with Crippen molar-refractivity contribution in [2.45, 2.75) is 13.3 Å². The van der Waals surface area contributed by atoms with Crippen molar-refractivity contribution in [3.8, 4) is 0 Å². The van der Waals surface area contributed by atoms with Gasteiger partial charge >= 0.3 is 0 Å². The third-order valence-electron chi connectivity index (χ3n) is 1.15. The van der Waals surface area contributed by atoms with Crippen molar-refractivity contribution in [3.05, 3.63) is 16.9 Å². The maximum absolute atomic E-state index is 4.05. The Morgan fingerprint density at radius 2 is 2.09 bits per heavy atom. The normalized spacial score (nSPS) is 9.64. The Balaban J connectivity index is 2.52. The molecule has 0 bridgehead atoms. The van der Waals surface area contributed by atoms with Crippen LogP contribution >= 0.6 is 15.9 Å². The molecular formula is C7H10BrN3. The fourth-order valence-corrected chi connectivity index (χ4v) is 0.845. The number of nitrogens with zero attached hydrogens (tertiary/aromatic N) is 2. The van der Waals surface area contributed by atoms with E-state index in [1.165, 1.54) is 0 Å². The third kappa shape index (κ3) is 2.84. The summed E-state index contributed by atoms with van der Waals surface area (Å²) in [6, 6.07) is 0. The highest BCUT2D eigenvalue weighted by Gasteiger charge is 1.91. The first kappa shape index (κ1) is 8.46. The van der Waals surface area contributed by atoms with E-state index in [-0.39, 0.29) is 0 Å². The Hall–Kier alpha value is -0.640. The predicted octanol–water partition coefficient (Wildman–Crippen LogP) is 2.06. The van der Waals surface area contributed by atoms with Crippen LogP contribution in [0, 0.1) is 0 Å². The van der Waals surface area contributed by atoms with Crippen LogP contribution in [-0.2, 0) is 0 Å². The van der Waals surface area contributed by atoms with Crippen molar-refractivity contribution in [2.24, 2.45) is 0 Å².